The number of carbonyl (C=O) groups is 2. The summed E-state index contributed by atoms with van der Waals surface area (Å²) in [5.41, 5.74) is 0.356. The number of nitrogens with one attached hydrogen (secondary N) is 2. The number of benzene rings is 2. The Balaban J connectivity index is 1.96. The van der Waals surface area contributed by atoms with Crippen molar-refractivity contribution in [2.75, 3.05) is 19.0 Å². The first-order valence-corrected chi connectivity index (χ1v) is 9.72. The molecule has 2 amide bonds. The zero-order chi connectivity index (χ0) is 21.4. The van der Waals surface area contributed by atoms with Gasteiger partial charge >= 0.3 is 0 Å². The monoisotopic (exact) mass is 398 g/mol. The van der Waals surface area contributed by atoms with Crippen LogP contribution < -0.4 is 20.1 Å². The number of amides is 2. The SMILES string of the molecule is COc1cccc(CCNC(=O)C(C)(C)C(=O)Nc2ccccc2OC(C)C)c1. The van der Waals surface area contributed by atoms with Gasteiger partial charge < -0.3 is 20.1 Å². The molecule has 0 aliphatic carbocycles. The summed E-state index contributed by atoms with van der Waals surface area (Å²) in [5.74, 6) is 0.622. The Labute approximate surface area is 172 Å². The summed E-state index contributed by atoms with van der Waals surface area (Å²) in [6, 6.07) is 14.9. The first-order chi connectivity index (χ1) is 13.7. The smallest absolute Gasteiger partial charge is 0.239 e. The van der Waals surface area contributed by atoms with Gasteiger partial charge in [-0.1, -0.05) is 24.3 Å². The summed E-state index contributed by atoms with van der Waals surface area (Å²) in [4.78, 5) is 25.4. The largest absolute Gasteiger partial charge is 0.497 e. The lowest BCUT2D eigenvalue weighted by Gasteiger charge is -2.24. The molecule has 0 aromatic heterocycles. The van der Waals surface area contributed by atoms with E-state index in [9.17, 15) is 9.59 Å². The molecule has 0 aliphatic rings. The highest BCUT2D eigenvalue weighted by molar-refractivity contribution is 6.10. The molecule has 29 heavy (non-hydrogen) atoms. The summed E-state index contributed by atoms with van der Waals surface area (Å²) < 4.78 is 10.9. The Hall–Kier alpha value is -3.02. The van der Waals surface area contributed by atoms with E-state index in [2.05, 4.69) is 10.6 Å². The van der Waals surface area contributed by atoms with E-state index in [4.69, 9.17) is 9.47 Å². The van der Waals surface area contributed by atoms with Crippen molar-refractivity contribution in [3.63, 3.8) is 0 Å². The molecule has 0 heterocycles. The molecule has 0 bridgehead atoms. The minimum absolute atomic E-state index is 0.0269. The Morgan fingerprint density at radius 1 is 1.03 bits per heavy atom. The summed E-state index contributed by atoms with van der Waals surface area (Å²) in [5, 5.41) is 5.67. The normalized spacial score (nSPS) is 11.1. The zero-order valence-electron chi connectivity index (χ0n) is 17.7. The maximum absolute atomic E-state index is 12.8. The number of methoxy groups -OCH3 is 1. The van der Waals surface area contributed by atoms with Crippen LogP contribution >= 0.6 is 0 Å². The quantitative estimate of drug-likeness (QED) is 0.630. The molecule has 0 saturated carbocycles. The minimum Gasteiger partial charge on any atom is -0.497 e. The van der Waals surface area contributed by atoms with Crippen molar-refractivity contribution in [2.45, 2.75) is 40.2 Å². The third kappa shape index (κ3) is 6.24. The highest BCUT2D eigenvalue weighted by Crippen LogP contribution is 2.27. The lowest BCUT2D eigenvalue weighted by molar-refractivity contribution is -0.138. The average Bonchev–Trinajstić information content (AvgIpc) is 2.69. The van der Waals surface area contributed by atoms with E-state index in [1.165, 1.54) is 0 Å². The molecule has 6 nitrogen and oxygen atoms in total. The van der Waals surface area contributed by atoms with Crippen molar-refractivity contribution < 1.29 is 19.1 Å². The van der Waals surface area contributed by atoms with Crippen LogP contribution in [-0.4, -0.2) is 31.6 Å². The van der Waals surface area contributed by atoms with Gasteiger partial charge in [-0.2, -0.15) is 0 Å². The van der Waals surface area contributed by atoms with Gasteiger partial charge in [-0.15, -0.1) is 0 Å². The average molecular weight is 399 g/mol. The van der Waals surface area contributed by atoms with Crippen molar-refractivity contribution in [1.29, 1.82) is 0 Å². The van der Waals surface area contributed by atoms with Crippen LogP contribution in [0.3, 0.4) is 0 Å². The molecule has 0 atom stereocenters. The van der Waals surface area contributed by atoms with Gasteiger partial charge in [0.2, 0.25) is 11.8 Å². The lowest BCUT2D eigenvalue weighted by atomic mass is 9.90. The standard InChI is InChI=1S/C23H30N2O4/c1-16(2)29-20-12-7-6-11-19(20)25-22(27)23(3,4)21(26)24-14-13-17-9-8-10-18(15-17)28-5/h6-12,15-16H,13-14H2,1-5H3,(H,24,26)(H,25,27). The molecule has 2 N–H and O–H groups in total. The van der Waals surface area contributed by atoms with E-state index in [1.54, 1.807) is 33.1 Å². The van der Waals surface area contributed by atoms with Crippen molar-refractivity contribution in [2.24, 2.45) is 5.41 Å². The van der Waals surface area contributed by atoms with E-state index >= 15 is 0 Å². The molecule has 0 aliphatic heterocycles. The zero-order valence-corrected chi connectivity index (χ0v) is 17.7. The topological polar surface area (TPSA) is 76.7 Å². The van der Waals surface area contributed by atoms with Crippen LogP contribution in [-0.2, 0) is 16.0 Å². The van der Waals surface area contributed by atoms with E-state index in [0.29, 0.717) is 24.4 Å². The van der Waals surface area contributed by atoms with Gasteiger partial charge in [0.25, 0.3) is 0 Å². The number of ether oxygens (including phenoxy) is 2. The third-order valence-corrected chi connectivity index (χ3v) is 4.47. The second kappa shape index (κ2) is 9.96. The van der Waals surface area contributed by atoms with Crippen molar-refractivity contribution in [3.8, 4) is 11.5 Å². The number of rotatable bonds is 9. The second-order valence-corrected chi connectivity index (χ2v) is 7.60. The van der Waals surface area contributed by atoms with Gasteiger partial charge in [-0.3, -0.25) is 9.59 Å². The van der Waals surface area contributed by atoms with Crippen LogP contribution in [0.4, 0.5) is 5.69 Å². The molecule has 0 spiro atoms. The van der Waals surface area contributed by atoms with Gasteiger partial charge in [0.05, 0.1) is 18.9 Å². The molecule has 2 aromatic rings. The van der Waals surface area contributed by atoms with Crippen molar-refractivity contribution >= 4 is 17.5 Å². The van der Waals surface area contributed by atoms with Crippen LogP contribution in [0.15, 0.2) is 48.5 Å². The molecule has 0 saturated heterocycles. The van der Waals surface area contributed by atoms with Crippen LogP contribution in [0.2, 0.25) is 0 Å². The van der Waals surface area contributed by atoms with Gasteiger partial charge in [-0.05, 0) is 63.9 Å². The third-order valence-electron chi connectivity index (χ3n) is 4.47. The van der Waals surface area contributed by atoms with E-state index in [1.807, 2.05) is 50.2 Å². The second-order valence-electron chi connectivity index (χ2n) is 7.60. The molecular weight excluding hydrogens is 368 g/mol. The number of hydrogen-bond acceptors (Lipinski definition) is 4. The lowest BCUT2D eigenvalue weighted by Crippen LogP contribution is -2.45. The Kier molecular flexibility index (Phi) is 7.65. The molecule has 156 valence electrons. The summed E-state index contributed by atoms with van der Waals surface area (Å²) in [7, 11) is 1.62. The summed E-state index contributed by atoms with van der Waals surface area (Å²) in [6.45, 7) is 7.47. The Bertz CT molecular complexity index is 846. The molecule has 0 radical (unpaired) electrons. The van der Waals surface area contributed by atoms with Gasteiger partial charge in [0.15, 0.2) is 0 Å². The van der Waals surface area contributed by atoms with Gasteiger partial charge in [-0.25, -0.2) is 0 Å². The number of para-hydroxylation sites is 2. The number of anilines is 1. The van der Waals surface area contributed by atoms with Gasteiger partial charge in [0, 0.05) is 6.54 Å². The molecule has 6 heteroatoms. The maximum Gasteiger partial charge on any atom is 0.239 e. The highest BCUT2D eigenvalue weighted by atomic mass is 16.5. The summed E-state index contributed by atoms with van der Waals surface area (Å²) in [6.07, 6.45) is 0.618. The van der Waals surface area contributed by atoms with Gasteiger partial charge in [0.1, 0.15) is 16.9 Å². The van der Waals surface area contributed by atoms with Crippen molar-refractivity contribution in [3.05, 3.63) is 54.1 Å². The Morgan fingerprint density at radius 3 is 2.45 bits per heavy atom. The molecule has 2 rings (SSSR count). The minimum atomic E-state index is -1.24. The van der Waals surface area contributed by atoms with Crippen LogP contribution in [0.1, 0.15) is 33.3 Å². The van der Waals surface area contributed by atoms with Crippen LogP contribution in [0, 0.1) is 5.41 Å². The molecule has 2 aromatic carbocycles. The van der Waals surface area contributed by atoms with Crippen LogP contribution in [0.5, 0.6) is 11.5 Å². The van der Waals surface area contributed by atoms with Crippen LogP contribution in [0.25, 0.3) is 0 Å². The summed E-state index contributed by atoms with van der Waals surface area (Å²) >= 11 is 0. The fourth-order valence-corrected chi connectivity index (χ4v) is 2.68. The van der Waals surface area contributed by atoms with E-state index < -0.39 is 11.3 Å². The number of hydrogen-bond donors (Lipinski definition) is 2. The number of carbonyl (C=O) groups excluding carboxylic acids is 2. The van der Waals surface area contributed by atoms with E-state index in [0.717, 1.165) is 11.3 Å². The Morgan fingerprint density at radius 2 is 1.76 bits per heavy atom. The molecule has 0 fully saturated rings. The molecular formula is C23H30N2O4. The first kappa shape index (κ1) is 22.3. The highest BCUT2D eigenvalue weighted by Gasteiger charge is 2.36. The fraction of sp³-hybridized carbons (Fsp3) is 0.391. The predicted octanol–water partition coefficient (Wildman–Crippen LogP) is 3.81. The predicted molar refractivity (Wildman–Crippen MR) is 114 cm³/mol. The van der Waals surface area contributed by atoms with E-state index in [-0.39, 0.29) is 12.0 Å². The fourth-order valence-electron chi connectivity index (χ4n) is 2.68. The van der Waals surface area contributed by atoms with Crippen molar-refractivity contribution in [1.82, 2.24) is 5.32 Å². The molecule has 0 unspecified atom stereocenters. The maximum atomic E-state index is 12.8. The first-order valence-electron chi connectivity index (χ1n) is 9.72.